The highest BCUT2D eigenvalue weighted by atomic mass is 16.2. The molecular formula is C13H17NO. The third-order valence-corrected chi connectivity index (χ3v) is 3.31. The maximum Gasteiger partial charge on any atom is 0.227 e. The predicted octanol–water partition coefficient (Wildman–Crippen LogP) is 2.90. The minimum Gasteiger partial charge on any atom is -0.326 e. The van der Waals surface area contributed by atoms with Crippen molar-refractivity contribution in [1.82, 2.24) is 0 Å². The van der Waals surface area contributed by atoms with Gasteiger partial charge in [0.2, 0.25) is 5.91 Å². The van der Waals surface area contributed by atoms with Gasteiger partial charge in [0.25, 0.3) is 0 Å². The minimum atomic E-state index is 0.177. The molecule has 0 heterocycles. The first-order chi connectivity index (χ1) is 7.09. The van der Waals surface area contributed by atoms with Crippen molar-refractivity contribution < 1.29 is 4.79 Å². The number of anilines is 1. The number of carbonyl (C=O) groups is 1. The molecule has 1 fully saturated rings. The Morgan fingerprint density at radius 3 is 2.67 bits per heavy atom. The molecule has 80 valence electrons. The fourth-order valence-electron chi connectivity index (χ4n) is 1.80. The van der Waals surface area contributed by atoms with Crippen LogP contribution in [0.15, 0.2) is 18.2 Å². The molecule has 2 atom stereocenters. The van der Waals surface area contributed by atoms with Crippen LogP contribution in [0, 0.1) is 25.7 Å². The van der Waals surface area contributed by atoms with Gasteiger partial charge in [0, 0.05) is 11.6 Å². The molecular weight excluding hydrogens is 186 g/mol. The number of nitrogens with one attached hydrogen (secondary N) is 1. The quantitative estimate of drug-likeness (QED) is 0.786. The Morgan fingerprint density at radius 1 is 1.40 bits per heavy atom. The third kappa shape index (κ3) is 2.04. The normalized spacial score (nSPS) is 23.7. The third-order valence-electron chi connectivity index (χ3n) is 3.31. The fraction of sp³-hybridized carbons (Fsp3) is 0.462. The van der Waals surface area contributed by atoms with Crippen LogP contribution in [0.5, 0.6) is 0 Å². The number of hydrogen-bond acceptors (Lipinski definition) is 1. The zero-order valence-electron chi connectivity index (χ0n) is 9.50. The Hall–Kier alpha value is -1.31. The molecule has 1 aromatic rings. The molecule has 0 radical (unpaired) electrons. The summed E-state index contributed by atoms with van der Waals surface area (Å²) in [6.45, 7) is 6.22. The molecule has 1 aliphatic carbocycles. The van der Waals surface area contributed by atoms with Crippen LogP contribution in [0.4, 0.5) is 5.69 Å². The molecule has 1 amide bonds. The van der Waals surface area contributed by atoms with Gasteiger partial charge >= 0.3 is 0 Å². The van der Waals surface area contributed by atoms with Crippen LogP contribution in [0.3, 0.4) is 0 Å². The molecule has 15 heavy (non-hydrogen) atoms. The molecule has 0 aliphatic heterocycles. The van der Waals surface area contributed by atoms with Crippen LogP contribution in [-0.4, -0.2) is 5.91 Å². The number of hydrogen-bond donors (Lipinski definition) is 1. The smallest absolute Gasteiger partial charge is 0.227 e. The molecule has 2 rings (SSSR count). The summed E-state index contributed by atoms with van der Waals surface area (Å²) in [7, 11) is 0. The first-order valence-corrected chi connectivity index (χ1v) is 5.46. The van der Waals surface area contributed by atoms with Gasteiger partial charge in [0.05, 0.1) is 0 Å². The Balaban J connectivity index is 2.10. The summed E-state index contributed by atoms with van der Waals surface area (Å²) in [5.74, 6) is 0.983. The Morgan fingerprint density at radius 2 is 2.07 bits per heavy atom. The zero-order chi connectivity index (χ0) is 11.0. The first kappa shape index (κ1) is 10.2. The van der Waals surface area contributed by atoms with Crippen LogP contribution < -0.4 is 5.32 Å². The van der Waals surface area contributed by atoms with E-state index in [-0.39, 0.29) is 11.8 Å². The van der Waals surface area contributed by atoms with E-state index in [1.54, 1.807) is 0 Å². The van der Waals surface area contributed by atoms with Gasteiger partial charge in [0.1, 0.15) is 0 Å². The van der Waals surface area contributed by atoms with Gasteiger partial charge in [-0.05, 0) is 43.4 Å². The van der Waals surface area contributed by atoms with Gasteiger partial charge in [-0.25, -0.2) is 0 Å². The van der Waals surface area contributed by atoms with Crippen LogP contribution in [0.2, 0.25) is 0 Å². The summed E-state index contributed by atoms with van der Waals surface area (Å²) < 4.78 is 0. The summed E-state index contributed by atoms with van der Waals surface area (Å²) in [4.78, 5) is 11.7. The highest BCUT2D eigenvalue weighted by Gasteiger charge is 2.39. The number of benzene rings is 1. The average molecular weight is 203 g/mol. The number of carbonyl (C=O) groups excluding carboxylic acids is 1. The molecule has 0 aromatic heterocycles. The second kappa shape index (κ2) is 3.69. The molecule has 1 aromatic carbocycles. The monoisotopic (exact) mass is 203 g/mol. The van der Waals surface area contributed by atoms with E-state index in [1.807, 2.05) is 19.1 Å². The van der Waals surface area contributed by atoms with Gasteiger partial charge in [-0.2, -0.15) is 0 Å². The van der Waals surface area contributed by atoms with E-state index in [0.29, 0.717) is 5.92 Å². The van der Waals surface area contributed by atoms with Crippen molar-refractivity contribution in [3.05, 3.63) is 29.3 Å². The van der Waals surface area contributed by atoms with Crippen molar-refractivity contribution in [1.29, 1.82) is 0 Å². The summed E-state index contributed by atoms with van der Waals surface area (Å²) in [5.41, 5.74) is 3.34. The molecule has 2 heteroatoms. The Bertz CT molecular complexity index is 398. The molecule has 0 spiro atoms. The number of amides is 1. The van der Waals surface area contributed by atoms with Crippen molar-refractivity contribution in [2.45, 2.75) is 27.2 Å². The maximum atomic E-state index is 11.7. The van der Waals surface area contributed by atoms with E-state index in [4.69, 9.17) is 0 Å². The summed E-state index contributed by atoms with van der Waals surface area (Å²) in [5, 5.41) is 3.00. The van der Waals surface area contributed by atoms with Crippen LogP contribution >= 0.6 is 0 Å². The summed E-state index contributed by atoms with van der Waals surface area (Å²) in [6, 6.07) is 6.01. The topological polar surface area (TPSA) is 29.1 Å². The van der Waals surface area contributed by atoms with E-state index in [1.165, 1.54) is 11.1 Å². The standard InChI is InChI=1S/C13H17NO/c1-8-5-4-6-12(10(8)3)14-13(15)11-7-9(11)2/h4-6,9,11H,7H2,1-3H3,(H,14,15)/t9-,11-/m0/s1. The van der Waals surface area contributed by atoms with Gasteiger partial charge in [-0.3, -0.25) is 4.79 Å². The van der Waals surface area contributed by atoms with E-state index in [2.05, 4.69) is 25.2 Å². The lowest BCUT2D eigenvalue weighted by Gasteiger charge is -2.09. The van der Waals surface area contributed by atoms with Crippen molar-refractivity contribution in [2.75, 3.05) is 5.32 Å². The Labute approximate surface area is 90.7 Å². The molecule has 1 saturated carbocycles. The first-order valence-electron chi connectivity index (χ1n) is 5.46. The maximum absolute atomic E-state index is 11.7. The minimum absolute atomic E-state index is 0.177. The molecule has 1 aliphatic rings. The van der Waals surface area contributed by atoms with E-state index >= 15 is 0 Å². The van der Waals surface area contributed by atoms with E-state index in [0.717, 1.165) is 12.1 Å². The van der Waals surface area contributed by atoms with Crippen molar-refractivity contribution in [2.24, 2.45) is 11.8 Å². The fourth-order valence-corrected chi connectivity index (χ4v) is 1.80. The lowest BCUT2D eigenvalue weighted by molar-refractivity contribution is -0.117. The predicted molar refractivity (Wildman–Crippen MR) is 61.8 cm³/mol. The van der Waals surface area contributed by atoms with Crippen molar-refractivity contribution >= 4 is 11.6 Å². The zero-order valence-corrected chi connectivity index (χ0v) is 9.50. The van der Waals surface area contributed by atoms with Gasteiger partial charge in [-0.15, -0.1) is 0 Å². The van der Waals surface area contributed by atoms with Gasteiger partial charge < -0.3 is 5.32 Å². The number of aryl methyl sites for hydroxylation is 1. The SMILES string of the molecule is Cc1cccc(NC(=O)[C@H]2C[C@@H]2C)c1C. The molecule has 0 saturated heterocycles. The highest BCUT2D eigenvalue weighted by Crippen LogP contribution is 2.38. The van der Waals surface area contributed by atoms with Crippen LogP contribution in [0.25, 0.3) is 0 Å². The summed E-state index contributed by atoms with van der Waals surface area (Å²) >= 11 is 0. The van der Waals surface area contributed by atoms with Gasteiger partial charge in [-0.1, -0.05) is 19.1 Å². The molecule has 1 N–H and O–H groups in total. The second-order valence-corrected chi connectivity index (χ2v) is 4.56. The molecule has 0 bridgehead atoms. The molecule has 2 nitrogen and oxygen atoms in total. The highest BCUT2D eigenvalue weighted by molar-refractivity contribution is 5.95. The second-order valence-electron chi connectivity index (χ2n) is 4.56. The Kier molecular flexibility index (Phi) is 2.51. The molecule has 0 unspecified atom stereocenters. The van der Waals surface area contributed by atoms with Crippen molar-refractivity contribution in [3.8, 4) is 0 Å². The lowest BCUT2D eigenvalue weighted by Crippen LogP contribution is -2.15. The number of rotatable bonds is 2. The lowest BCUT2D eigenvalue weighted by atomic mass is 10.1. The van der Waals surface area contributed by atoms with E-state index < -0.39 is 0 Å². The van der Waals surface area contributed by atoms with Gasteiger partial charge in [0.15, 0.2) is 0 Å². The van der Waals surface area contributed by atoms with Crippen LogP contribution in [0.1, 0.15) is 24.5 Å². The van der Waals surface area contributed by atoms with Crippen LogP contribution in [-0.2, 0) is 4.79 Å². The largest absolute Gasteiger partial charge is 0.326 e. The van der Waals surface area contributed by atoms with E-state index in [9.17, 15) is 4.79 Å². The average Bonchev–Trinajstić information content (AvgIpc) is 2.91. The summed E-state index contributed by atoms with van der Waals surface area (Å²) in [6.07, 6.45) is 1.04. The van der Waals surface area contributed by atoms with Crippen molar-refractivity contribution in [3.63, 3.8) is 0 Å².